The number of halogens is 3. The number of hydrogen-bond donors (Lipinski definition) is 1. The van der Waals surface area contributed by atoms with E-state index >= 15 is 0 Å². The average molecular weight is 348 g/mol. The van der Waals surface area contributed by atoms with Crippen LogP contribution in [0.2, 0.25) is 0 Å². The Hall–Kier alpha value is -1.64. The maximum Gasteiger partial charge on any atom is 0.422 e. The third-order valence-electron chi connectivity index (χ3n) is 3.19. The number of aliphatic imine (C=N–C) groups is 1. The van der Waals surface area contributed by atoms with E-state index in [2.05, 4.69) is 19.6 Å². The van der Waals surface area contributed by atoms with Crippen molar-refractivity contribution in [3.8, 4) is 5.88 Å². The fraction of sp³-hybridized carbons (Fsp3) is 0.571. The van der Waals surface area contributed by atoms with Gasteiger partial charge in [-0.25, -0.2) is 4.98 Å². The molecule has 0 atom stereocenters. The SMILES string of the molecule is NC(=NCCc1ccc(OCC(F)(F)F)nc1)N1CCSCC1. The maximum absolute atomic E-state index is 12.0. The second-order valence-corrected chi connectivity index (χ2v) is 6.22. The largest absolute Gasteiger partial charge is 0.468 e. The van der Waals surface area contributed by atoms with Crippen molar-refractivity contribution in [2.45, 2.75) is 12.6 Å². The summed E-state index contributed by atoms with van der Waals surface area (Å²) < 4.78 is 40.7. The van der Waals surface area contributed by atoms with Gasteiger partial charge in [0.1, 0.15) is 0 Å². The molecule has 0 radical (unpaired) electrons. The molecule has 128 valence electrons. The standard InChI is InChI=1S/C14H19F3N4OS/c15-14(16,17)10-22-12-2-1-11(9-20-12)3-4-19-13(18)21-5-7-23-8-6-21/h1-2,9H,3-8,10H2,(H2,18,19). The minimum Gasteiger partial charge on any atom is -0.468 e. The molecule has 0 aromatic carbocycles. The van der Waals surface area contributed by atoms with Crippen molar-refractivity contribution in [3.05, 3.63) is 23.9 Å². The molecule has 9 heteroatoms. The lowest BCUT2D eigenvalue weighted by molar-refractivity contribution is -0.154. The second kappa shape index (κ2) is 8.28. The summed E-state index contributed by atoms with van der Waals surface area (Å²) in [6.45, 7) is 0.994. The van der Waals surface area contributed by atoms with Crippen LogP contribution < -0.4 is 10.5 Å². The molecule has 5 nitrogen and oxygen atoms in total. The Bertz CT molecular complexity index is 516. The van der Waals surface area contributed by atoms with Crippen molar-refractivity contribution in [3.63, 3.8) is 0 Å². The molecule has 0 amide bonds. The summed E-state index contributed by atoms with van der Waals surface area (Å²) in [5.41, 5.74) is 6.81. The minimum atomic E-state index is -4.36. The van der Waals surface area contributed by atoms with Gasteiger partial charge in [-0.3, -0.25) is 4.99 Å². The average Bonchev–Trinajstić information content (AvgIpc) is 2.54. The van der Waals surface area contributed by atoms with Crippen molar-refractivity contribution >= 4 is 17.7 Å². The number of rotatable bonds is 5. The van der Waals surface area contributed by atoms with Crippen LogP contribution in [-0.2, 0) is 6.42 Å². The number of nitrogens with two attached hydrogens (primary N) is 1. The molecule has 1 fully saturated rings. The predicted octanol–water partition coefficient (Wildman–Crippen LogP) is 1.93. The Balaban J connectivity index is 1.77. The summed E-state index contributed by atoms with van der Waals surface area (Å²) in [7, 11) is 0. The third kappa shape index (κ3) is 6.55. The van der Waals surface area contributed by atoms with Crippen LogP contribution in [0.4, 0.5) is 13.2 Å². The van der Waals surface area contributed by atoms with Gasteiger partial charge < -0.3 is 15.4 Å². The fourth-order valence-electron chi connectivity index (χ4n) is 1.99. The van der Waals surface area contributed by atoms with Crippen molar-refractivity contribution in [2.75, 3.05) is 37.7 Å². The van der Waals surface area contributed by atoms with Gasteiger partial charge in [-0.05, 0) is 12.0 Å². The summed E-state index contributed by atoms with van der Waals surface area (Å²) in [6, 6.07) is 3.11. The molecular formula is C14H19F3N4OS. The van der Waals surface area contributed by atoms with Crippen LogP contribution in [0.15, 0.2) is 23.3 Å². The van der Waals surface area contributed by atoms with E-state index in [0.29, 0.717) is 18.9 Å². The van der Waals surface area contributed by atoms with Gasteiger partial charge in [0.05, 0.1) is 0 Å². The van der Waals surface area contributed by atoms with Gasteiger partial charge in [0.2, 0.25) is 5.88 Å². The number of pyridine rings is 1. The Morgan fingerprint density at radius 1 is 1.35 bits per heavy atom. The molecule has 0 unspecified atom stereocenters. The maximum atomic E-state index is 12.0. The summed E-state index contributed by atoms with van der Waals surface area (Å²) >= 11 is 1.90. The van der Waals surface area contributed by atoms with Crippen molar-refractivity contribution in [1.29, 1.82) is 0 Å². The molecule has 2 N–H and O–H groups in total. The van der Waals surface area contributed by atoms with Crippen LogP contribution in [0.5, 0.6) is 5.88 Å². The molecule has 0 bridgehead atoms. The molecule has 0 aliphatic carbocycles. The van der Waals surface area contributed by atoms with E-state index in [1.807, 2.05) is 11.8 Å². The van der Waals surface area contributed by atoms with E-state index in [9.17, 15) is 13.2 Å². The lowest BCUT2D eigenvalue weighted by atomic mass is 10.2. The molecule has 2 heterocycles. The molecule has 1 aliphatic heterocycles. The van der Waals surface area contributed by atoms with E-state index in [0.717, 1.165) is 30.2 Å². The minimum absolute atomic E-state index is 0.0418. The lowest BCUT2D eigenvalue weighted by Gasteiger charge is -2.27. The van der Waals surface area contributed by atoms with Crippen LogP contribution in [-0.4, -0.2) is 59.8 Å². The van der Waals surface area contributed by atoms with Gasteiger partial charge >= 0.3 is 6.18 Å². The van der Waals surface area contributed by atoms with Crippen LogP contribution in [0, 0.1) is 0 Å². The van der Waals surface area contributed by atoms with Crippen LogP contribution in [0.25, 0.3) is 0 Å². The second-order valence-electron chi connectivity index (χ2n) is 5.00. The number of alkyl halides is 3. The molecule has 0 saturated carbocycles. The smallest absolute Gasteiger partial charge is 0.422 e. The number of thioether (sulfide) groups is 1. The van der Waals surface area contributed by atoms with Crippen molar-refractivity contribution < 1.29 is 17.9 Å². The summed E-state index contributed by atoms with van der Waals surface area (Å²) in [5, 5.41) is 0. The van der Waals surface area contributed by atoms with Gasteiger partial charge in [-0.1, -0.05) is 6.07 Å². The van der Waals surface area contributed by atoms with Gasteiger partial charge in [0.25, 0.3) is 0 Å². The molecular weight excluding hydrogens is 329 g/mol. The lowest BCUT2D eigenvalue weighted by Crippen LogP contribution is -2.42. The van der Waals surface area contributed by atoms with Crippen LogP contribution in [0.3, 0.4) is 0 Å². The molecule has 0 spiro atoms. The molecule has 2 rings (SSSR count). The van der Waals surface area contributed by atoms with E-state index in [4.69, 9.17) is 5.73 Å². The third-order valence-corrected chi connectivity index (χ3v) is 4.13. The van der Waals surface area contributed by atoms with E-state index in [1.165, 1.54) is 12.3 Å². The van der Waals surface area contributed by atoms with Gasteiger partial charge in [-0.15, -0.1) is 0 Å². The van der Waals surface area contributed by atoms with Crippen LogP contribution >= 0.6 is 11.8 Å². The zero-order chi connectivity index (χ0) is 16.7. The first-order valence-electron chi connectivity index (χ1n) is 7.21. The topological polar surface area (TPSA) is 63.7 Å². The Morgan fingerprint density at radius 3 is 2.70 bits per heavy atom. The highest BCUT2D eigenvalue weighted by Crippen LogP contribution is 2.17. The Kier molecular flexibility index (Phi) is 6.37. The number of hydrogen-bond acceptors (Lipinski definition) is 4. The fourth-order valence-corrected chi connectivity index (χ4v) is 2.90. The first-order chi connectivity index (χ1) is 10.9. The molecule has 1 aliphatic rings. The van der Waals surface area contributed by atoms with Gasteiger partial charge in [-0.2, -0.15) is 24.9 Å². The predicted molar refractivity (Wildman–Crippen MR) is 84.9 cm³/mol. The highest BCUT2D eigenvalue weighted by molar-refractivity contribution is 7.99. The zero-order valence-electron chi connectivity index (χ0n) is 12.6. The number of guanidine groups is 1. The zero-order valence-corrected chi connectivity index (χ0v) is 13.4. The van der Waals surface area contributed by atoms with Crippen molar-refractivity contribution in [1.82, 2.24) is 9.88 Å². The molecule has 23 heavy (non-hydrogen) atoms. The monoisotopic (exact) mass is 348 g/mol. The Morgan fingerprint density at radius 2 is 2.09 bits per heavy atom. The van der Waals surface area contributed by atoms with E-state index in [-0.39, 0.29) is 5.88 Å². The highest BCUT2D eigenvalue weighted by atomic mass is 32.2. The molecule has 1 saturated heterocycles. The highest BCUT2D eigenvalue weighted by Gasteiger charge is 2.28. The first kappa shape index (κ1) is 17.7. The van der Waals surface area contributed by atoms with E-state index in [1.54, 1.807) is 6.07 Å². The molecule has 1 aromatic heterocycles. The van der Waals surface area contributed by atoms with Crippen LogP contribution in [0.1, 0.15) is 5.56 Å². The number of aromatic nitrogens is 1. The van der Waals surface area contributed by atoms with Gasteiger partial charge in [0, 0.05) is 43.4 Å². The summed E-state index contributed by atoms with van der Waals surface area (Å²) in [6.07, 6.45) is -2.25. The number of ether oxygens (including phenoxy) is 1. The Labute approximate surface area is 137 Å². The summed E-state index contributed by atoms with van der Waals surface area (Å²) in [4.78, 5) is 10.3. The van der Waals surface area contributed by atoms with E-state index < -0.39 is 12.8 Å². The summed E-state index contributed by atoms with van der Waals surface area (Å²) in [5.74, 6) is 2.61. The van der Waals surface area contributed by atoms with Gasteiger partial charge in [0.15, 0.2) is 12.6 Å². The molecule has 1 aromatic rings. The first-order valence-corrected chi connectivity index (χ1v) is 8.36. The normalized spacial score (nSPS) is 16.5. The number of nitrogens with zero attached hydrogens (tertiary/aromatic N) is 3. The van der Waals surface area contributed by atoms with Crippen molar-refractivity contribution in [2.24, 2.45) is 10.7 Å². The quantitative estimate of drug-likeness (QED) is 0.651.